The Morgan fingerprint density at radius 1 is 1.32 bits per heavy atom. The number of amides is 1. The number of para-hydroxylation sites is 1. The van der Waals surface area contributed by atoms with Crippen LogP contribution >= 0.6 is 11.6 Å². The summed E-state index contributed by atoms with van der Waals surface area (Å²) in [6.45, 7) is 1.14. The maximum Gasteiger partial charge on any atom is 0.407 e. The highest BCUT2D eigenvalue weighted by Crippen LogP contribution is 2.44. The number of rotatable bonds is 2. The molecule has 2 aliphatic heterocycles. The summed E-state index contributed by atoms with van der Waals surface area (Å²) in [6.07, 6.45) is 1.65. The van der Waals surface area contributed by atoms with Crippen LogP contribution in [-0.2, 0) is 0 Å². The van der Waals surface area contributed by atoms with Gasteiger partial charge in [0.2, 0.25) is 0 Å². The Morgan fingerprint density at radius 3 is 2.82 bits per heavy atom. The number of benzene rings is 2. The Hall–Kier alpha value is -2.73. The van der Waals surface area contributed by atoms with Crippen molar-refractivity contribution in [2.75, 3.05) is 31.6 Å². The largest absolute Gasteiger partial charge is 0.489 e. The van der Waals surface area contributed by atoms with Crippen LogP contribution in [-0.4, -0.2) is 42.8 Å². The zero-order valence-electron chi connectivity index (χ0n) is 15.4. The monoisotopic (exact) mass is 402 g/mol. The first-order valence-corrected chi connectivity index (χ1v) is 9.44. The smallest absolute Gasteiger partial charge is 0.407 e. The van der Waals surface area contributed by atoms with Crippen molar-refractivity contribution < 1.29 is 19.0 Å². The third-order valence-electron chi connectivity index (χ3n) is 5.36. The van der Waals surface area contributed by atoms with Gasteiger partial charge in [-0.15, -0.1) is 0 Å². The number of anilines is 1. The van der Waals surface area contributed by atoms with Crippen molar-refractivity contribution in [2.45, 2.75) is 12.5 Å². The fourth-order valence-electron chi connectivity index (χ4n) is 3.86. The van der Waals surface area contributed by atoms with Gasteiger partial charge < -0.3 is 19.6 Å². The minimum absolute atomic E-state index is 0.286. The lowest BCUT2D eigenvalue weighted by atomic mass is 9.94. The molecule has 1 amide bonds. The van der Waals surface area contributed by atoms with E-state index in [2.05, 4.69) is 0 Å². The van der Waals surface area contributed by atoms with Gasteiger partial charge in [0.1, 0.15) is 18.2 Å². The molecule has 0 aromatic heterocycles. The average molecular weight is 403 g/mol. The molecule has 4 rings (SSSR count). The maximum atomic E-state index is 14.5. The summed E-state index contributed by atoms with van der Waals surface area (Å²) >= 11 is 5.90. The summed E-state index contributed by atoms with van der Waals surface area (Å²) in [4.78, 5) is 14.6. The molecule has 2 heterocycles. The van der Waals surface area contributed by atoms with Crippen molar-refractivity contribution in [3.8, 4) is 5.75 Å². The molecule has 0 spiro atoms. The van der Waals surface area contributed by atoms with Crippen LogP contribution in [0.25, 0.3) is 5.57 Å². The molecule has 5 nitrogen and oxygen atoms in total. The molecule has 28 heavy (non-hydrogen) atoms. The van der Waals surface area contributed by atoms with Crippen LogP contribution in [0, 0.1) is 5.82 Å². The summed E-state index contributed by atoms with van der Waals surface area (Å²) in [7, 11) is 1.93. The summed E-state index contributed by atoms with van der Waals surface area (Å²) in [5, 5.41) is 9.52. The minimum atomic E-state index is -0.913. The maximum absolute atomic E-state index is 14.5. The van der Waals surface area contributed by atoms with Crippen LogP contribution in [0.4, 0.5) is 14.9 Å². The summed E-state index contributed by atoms with van der Waals surface area (Å²) in [5.41, 5.74) is 3.48. The molecule has 2 aromatic rings. The molecule has 2 aliphatic rings. The van der Waals surface area contributed by atoms with Gasteiger partial charge in [-0.05, 0) is 30.2 Å². The predicted molar refractivity (Wildman–Crippen MR) is 107 cm³/mol. The molecule has 0 radical (unpaired) electrons. The second-order valence-electron chi connectivity index (χ2n) is 6.96. The molecule has 2 aromatic carbocycles. The van der Waals surface area contributed by atoms with Crippen molar-refractivity contribution in [1.82, 2.24) is 4.90 Å². The number of carbonyl (C=O) groups is 1. The quantitative estimate of drug-likeness (QED) is 0.782. The van der Waals surface area contributed by atoms with Crippen LogP contribution in [0.3, 0.4) is 0 Å². The Balaban J connectivity index is 1.70. The molecule has 146 valence electrons. The first-order chi connectivity index (χ1) is 13.5. The molecule has 1 atom stereocenters. The topological polar surface area (TPSA) is 53.0 Å². The van der Waals surface area contributed by atoms with E-state index in [1.165, 1.54) is 11.0 Å². The third kappa shape index (κ3) is 3.29. The van der Waals surface area contributed by atoms with Crippen LogP contribution in [0.15, 0.2) is 42.5 Å². The normalized spacial score (nSPS) is 19.0. The molecule has 0 saturated heterocycles. The Kier molecular flexibility index (Phi) is 4.89. The number of ether oxygens (including phenoxy) is 1. The standard InChI is InChI=1S/C21H20ClFN2O3/c1-24-18(16-6-5-14(22)11-17(16)23)12-28-19-4-2-3-15(20(19)24)13-7-9-25(10-8-13)21(26)27/h2-7,11,18H,8-10,12H2,1H3,(H,26,27). The second-order valence-corrected chi connectivity index (χ2v) is 7.40. The van der Waals surface area contributed by atoms with E-state index in [9.17, 15) is 9.18 Å². The van der Waals surface area contributed by atoms with Crippen LogP contribution in [0.2, 0.25) is 5.02 Å². The molecular weight excluding hydrogens is 383 g/mol. The summed E-state index contributed by atoms with van der Waals surface area (Å²) in [5.74, 6) is 0.384. The van der Waals surface area contributed by atoms with Crippen molar-refractivity contribution in [3.63, 3.8) is 0 Å². The number of likely N-dealkylation sites (N-methyl/N-ethyl adjacent to an activating group) is 1. The number of fused-ring (bicyclic) bond motifs is 1. The van der Waals surface area contributed by atoms with E-state index in [1.807, 2.05) is 36.2 Å². The molecule has 0 saturated carbocycles. The van der Waals surface area contributed by atoms with E-state index in [0.717, 1.165) is 22.6 Å². The van der Waals surface area contributed by atoms with Crippen LogP contribution in [0.1, 0.15) is 23.6 Å². The van der Waals surface area contributed by atoms with E-state index in [-0.39, 0.29) is 11.9 Å². The lowest BCUT2D eigenvalue weighted by molar-refractivity contribution is 0.150. The second kappa shape index (κ2) is 7.36. The van der Waals surface area contributed by atoms with E-state index in [0.29, 0.717) is 36.7 Å². The predicted octanol–water partition coefficient (Wildman–Crippen LogP) is 4.82. The zero-order valence-corrected chi connectivity index (χ0v) is 16.1. The van der Waals surface area contributed by atoms with Crippen molar-refractivity contribution >= 4 is 29.0 Å². The number of halogens is 2. The molecule has 1 N–H and O–H groups in total. The summed E-state index contributed by atoms with van der Waals surface area (Å²) < 4.78 is 20.5. The van der Waals surface area contributed by atoms with E-state index >= 15 is 0 Å². The van der Waals surface area contributed by atoms with Gasteiger partial charge >= 0.3 is 6.09 Å². The SMILES string of the molecule is CN1c2c(cccc2C2=CCN(C(=O)O)CC2)OCC1c1ccc(Cl)cc1F. The number of hydrogen-bond acceptors (Lipinski definition) is 3. The van der Waals surface area contributed by atoms with E-state index in [1.54, 1.807) is 12.1 Å². The Bertz CT molecular complexity index is 963. The van der Waals surface area contributed by atoms with Crippen LogP contribution < -0.4 is 9.64 Å². The highest BCUT2D eigenvalue weighted by molar-refractivity contribution is 6.30. The highest BCUT2D eigenvalue weighted by Gasteiger charge is 2.31. The van der Waals surface area contributed by atoms with Gasteiger partial charge in [0.25, 0.3) is 0 Å². The van der Waals surface area contributed by atoms with Crippen molar-refractivity contribution in [3.05, 3.63) is 64.4 Å². The zero-order chi connectivity index (χ0) is 19.8. The van der Waals surface area contributed by atoms with Gasteiger partial charge in [-0.2, -0.15) is 0 Å². The third-order valence-corrected chi connectivity index (χ3v) is 5.60. The van der Waals surface area contributed by atoms with Crippen molar-refractivity contribution in [1.29, 1.82) is 0 Å². The van der Waals surface area contributed by atoms with Gasteiger partial charge in [-0.3, -0.25) is 0 Å². The lowest BCUT2D eigenvalue weighted by Gasteiger charge is -2.38. The first kappa shape index (κ1) is 18.6. The van der Waals surface area contributed by atoms with E-state index < -0.39 is 6.09 Å². The molecular formula is C21H20ClFN2O3. The number of nitrogens with zero attached hydrogens (tertiary/aromatic N) is 2. The minimum Gasteiger partial charge on any atom is -0.489 e. The molecule has 0 fully saturated rings. The molecule has 0 aliphatic carbocycles. The van der Waals surface area contributed by atoms with E-state index in [4.69, 9.17) is 21.4 Å². The van der Waals surface area contributed by atoms with Gasteiger partial charge in [-0.1, -0.05) is 35.9 Å². The average Bonchev–Trinajstić information content (AvgIpc) is 2.69. The Morgan fingerprint density at radius 2 is 2.14 bits per heavy atom. The molecule has 7 heteroatoms. The van der Waals surface area contributed by atoms with Crippen molar-refractivity contribution in [2.24, 2.45) is 0 Å². The number of hydrogen-bond donors (Lipinski definition) is 1. The van der Waals surface area contributed by atoms with Gasteiger partial charge in [0, 0.05) is 36.3 Å². The Labute approximate surface area is 167 Å². The molecule has 0 bridgehead atoms. The molecule has 1 unspecified atom stereocenters. The highest BCUT2D eigenvalue weighted by atomic mass is 35.5. The number of carboxylic acid groups (broad SMARTS) is 1. The lowest BCUT2D eigenvalue weighted by Crippen LogP contribution is -2.35. The van der Waals surface area contributed by atoms with Gasteiger partial charge in [0.05, 0.1) is 11.7 Å². The van der Waals surface area contributed by atoms with Crippen LogP contribution in [0.5, 0.6) is 5.75 Å². The summed E-state index contributed by atoms with van der Waals surface area (Å²) in [6, 6.07) is 10.2. The van der Waals surface area contributed by atoms with Gasteiger partial charge in [0.15, 0.2) is 0 Å². The van der Waals surface area contributed by atoms with Gasteiger partial charge in [-0.25, -0.2) is 9.18 Å². The fraction of sp³-hybridized carbons (Fsp3) is 0.286. The fourth-order valence-corrected chi connectivity index (χ4v) is 4.01. The first-order valence-electron chi connectivity index (χ1n) is 9.06.